The van der Waals surface area contributed by atoms with Crippen LogP contribution in [0.5, 0.6) is 0 Å². The van der Waals surface area contributed by atoms with Gasteiger partial charge in [0.15, 0.2) is 11.0 Å². The van der Waals surface area contributed by atoms with Crippen molar-refractivity contribution in [2.24, 2.45) is 0 Å². The highest BCUT2D eigenvalue weighted by atomic mass is 35.5. The van der Waals surface area contributed by atoms with Crippen LogP contribution in [0.3, 0.4) is 0 Å². The number of hydrogen-bond acceptors (Lipinski definition) is 6. The number of hydrogen-bond donors (Lipinski definition) is 2. The number of halogens is 1. The van der Waals surface area contributed by atoms with Gasteiger partial charge in [0.25, 0.3) is 5.91 Å². The average molecular weight is 486 g/mol. The summed E-state index contributed by atoms with van der Waals surface area (Å²) >= 11 is 7.27. The van der Waals surface area contributed by atoms with Crippen LogP contribution in [0.4, 0.5) is 5.69 Å². The van der Waals surface area contributed by atoms with Crippen LogP contribution >= 0.6 is 23.4 Å². The Labute approximate surface area is 201 Å². The van der Waals surface area contributed by atoms with Gasteiger partial charge in [-0.3, -0.25) is 14.2 Å². The van der Waals surface area contributed by atoms with Gasteiger partial charge in [-0.25, -0.2) is 0 Å². The van der Waals surface area contributed by atoms with Crippen LogP contribution in [0.15, 0.2) is 53.7 Å². The number of amides is 2. The summed E-state index contributed by atoms with van der Waals surface area (Å²) in [6.45, 7) is 1.01. The fourth-order valence-electron chi connectivity index (χ4n) is 3.19. The highest BCUT2D eigenvalue weighted by Gasteiger charge is 2.25. The first-order valence-corrected chi connectivity index (χ1v) is 11.9. The zero-order chi connectivity index (χ0) is 23.2. The van der Waals surface area contributed by atoms with E-state index in [0.29, 0.717) is 40.4 Å². The van der Waals surface area contributed by atoms with E-state index in [4.69, 9.17) is 16.3 Å². The highest BCUT2D eigenvalue weighted by molar-refractivity contribution is 7.99. The van der Waals surface area contributed by atoms with Crippen molar-refractivity contribution in [3.63, 3.8) is 0 Å². The van der Waals surface area contributed by atoms with Gasteiger partial charge in [-0.15, -0.1) is 10.2 Å². The molecule has 0 spiro atoms. The van der Waals surface area contributed by atoms with E-state index in [9.17, 15) is 9.59 Å². The Morgan fingerprint density at radius 3 is 2.64 bits per heavy atom. The van der Waals surface area contributed by atoms with E-state index in [0.717, 1.165) is 18.4 Å². The minimum Gasteiger partial charge on any atom is -0.383 e. The van der Waals surface area contributed by atoms with Crippen molar-refractivity contribution in [2.45, 2.75) is 30.6 Å². The molecule has 1 saturated carbocycles. The molecule has 1 heterocycles. The Hall–Kier alpha value is -2.88. The van der Waals surface area contributed by atoms with Crippen molar-refractivity contribution < 1.29 is 14.3 Å². The number of thioether (sulfide) groups is 1. The lowest BCUT2D eigenvalue weighted by Crippen LogP contribution is -2.27. The maximum absolute atomic E-state index is 12.7. The predicted molar refractivity (Wildman–Crippen MR) is 129 cm³/mol. The number of carbonyl (C=O) groups is 2. The first-order valence-electron chi connectivity index (χ1n) is 10.6. The van der Waals surface area contributed by atoms with Crippen LogP contribution in [0.2, 0.25) is 5.02 Å². The van der Waals surface area contributed by atoms with Gasteiger partial charge < -0.3 is 15.4 Å². The van der Waals surface area contributed by atoms with Crippen molar-refractivity contribution in [2.75, 3.05) is 24.8 Å². The van der Waals surface area contributed by atoms with Crippen molar-refractivity contribution in [3.05, 3.63) is 59.1 Å². The normalized spacial score (nSPS) is 13.0. The summed E-state index contributed by atoms with van der Waals surface area (Å²) in [6, 6.07) is 14.6. The van der Waals surface area contributed by atoms with Gasteiger partial charge in [0.1, 0.15) is 0 Å². The largest absolute Gasteiger partial charge is 0.383 e. The molecule has 2 N–H and O–H groups in total. The molecule has 10 heteroatoms. The van der Waals surface area contributed by atoms with E-state index < -0.39 is 0 Å². The number of methoxy groups -OCH3 is 1. The topological polar surface area (TPSA) is 98.1 Å². The maximum atomic E-state index is 12.7. The summed E-state index contributed by atoms with van der Waals surface area (Å²) in [4.78, 5) is 25.1. The third-order valence-electron chi connectivity index (χ3n) is 5.03. The summed E-state index contributed by atoms with van der Waals surface area (Å²) in [5.74, 6) is 0.382. The molecular formula is C23H24ClN5O3S. The summed E-state index contributed by atoms with van der Waals surface area (Å²) in [6.07, 6.45) is 2.00. The van der Waals surface area contributed by atoms with Gasteiger partial charge in [0.05, 0.1) is 30.2 Å². The van der Waals surface area contributed by atoms with Gasteiger partial charge in [-0.05, 0) is 49.2 Å². The minimum absolute atomic E-state index is 0.115. The third-order valence-corrected chi connectivity index (χ3v) is 6.25. The number of aromatic nitrogens is 3. The van der Waals surface area contributed by atoms with Crippen LogP contribution < -0.4 is 10.6 Å². The van der Waals surface area contributed by atoms with Gasteiger partial charge in [-0.2, -0.15) is 0 Å². The molecule has 4 rings (SSSR count). The standard InChI is InChI=1S/C23H24ClN5O3S/c1-32-13-12-29-21(15-6-8-16(24)9-7-15)27-28-23(29)33-14-20(30)26-19-5-3-2-4-18(19)22(31)25-17-10-11-17/h2-9,17H,10-14H2,1H3,(H,25,31)(H,26,30). The summed E-state index contributed by atoms with van der Waals surface area (Å²) < 4.78 is 7.15. The lowest BCUT2D eigenvalue weighted by molar-refractivity contribution is -0.113. The van der Waals surface area contributed by atoms with E-state index in [1.54, 1.807) is 43.5 Å². The van der Waals surface area contributed by atoms with E-state index in [-0.39, 0.29) is 23.6 Å². The molecule has 1 fully saturated rings. The highest BCUT2D eigenvalue weighted by Crippen LogP contribution is 2.26. The number of benzene rings is 2. The fraction of sp³-hybridized carbons (Fsp3) is 0.304. The van der Waals surface area contributed by atoms with Gasteiger partial charge >= 0.3 is 0 Å². The second kappa shape index (κ2) is 10.8. The van der Waals surface area contributed by atoms with Crippen molar-refractivity contribution >= 4 is 40.9 Å². The fourth-order valence-corrected chi connectivity index (χ4v) is 4.08. The number of para-hydroxylation sites is 1. The zero-order valence-corrected chi connectivity index (χ0v) is 19.7. The molecule has 1 aromatic heterocycles. The number of nitrogens with one attached hydrogen (secondary N) is 2. The van der Waals surface area contributed by atoms with Gasteiger partial charge in [-0.1, -0.05) is 35.5 Å². The molecule has 33 heavy (non-hydrogen) atoms. The lowest BCUT2D eigenvalue weighted by Gasteiger charge is -2.12. The van der Waals surface area contributed by atoms with E-state index in [1.165, 1.54) is 11.8 Å². The zero-order valence-electron chi connectivity index (χ0n) is 18.1. The summed E-state index contributed by atoms with van der Waals surface area (Å²) in [5, 5.41) is 15.6. The van der Waals surface area contributed by atoms with Crippen LogP contribution in [0, 0.1) is 0 Å². The molecule has 3 aromatic rings. The molecule has 1 aliphatic rings. The molecule has 172 valence electrons. The Bertz CT molecular complexity index is 1130. The monoisotopic (exact) mass is 485 g/mol. The van der Waals surface area contributed by atoms with Gasteiger partial charge in [0, 0.05) is 23.7 Å². The number of ether oxygens (including phenoxy) is 1. The molecule has 0 unspecified atom stereocenters. The second-order valence-corrected chi connectivity index (χ2v) is 8.97. The average Bonchev–Trinajstić information content (AvgIpc) is 3.54. The van der Waals surface area contributed by atoms with Gasteiger partial charge in [0.2, 0.25) is 5.91 Å². The molecular weight excluding hydrogens is 462 g/mol. The molecule has 0 bridgehead atoms. The predicted octanol–water partition coefficient (Wildman–Crippen LogP) is 3.87. The second-order valence-electron chi connectivity index (χ2n) is 7.59. The van der Waals surface area contributed by atoms with Crippen molar-refractivity contribution in [1.82, 2.24) is 20.1 Å². The molecule has 0 radical (unpaired) electrons. The Kier molecular flexibility index (Phi) is 7.64. The van der Waals surface area contributed by atoms with E-state index in [1.807, 2.05) is 16.7 Å². The first kappa shape index (κ1) is 23.3. The molecule has 2 aromatic carbocycles. The SMILES string of the molecule is COCCn1c(SCC(=O)Nc2ccccc2C(=O)NC2CC2)nnc1-c1ccc(Cl)cc1. The molecule has 0 saturated heterocycles. The Balaban J connectivity index is 1.44. The van der Waals surface area contributed by atoms with E-state index >= 15 is 0 Å². The first-order chi connectivity index (χ1) is 16.0. The number of nitrogens with zero attached hydrogens (tertiary/aromatic N) is 3. The van der Waals surface area contributed by atoms with Crippen molar-refractivity contribution in [1.29, 1.82) is 0 Å². The molecule has 0 aliphatic heterocycles. The van der Waals surface area contributed by atoms with Crippen LogP contribution in [-0.4, -0.2) is 52.1 Å². The van der Waals surface area contributed by atoms with E-state index in [2.05, 4.69) is 20.8 Å². The number of anilines is 1. The van der Waals surface area contributed by atoms with Crippen LogP contribution in [-0.2, 0) is 16.1 Å². The Morgan fingerprint density at radius 1 is 1.15 bits per heavy atom. The maximum Gasteiger partial charge on any atom is 0.253 e. The molecule has 8 nitrogen and oxygen atoms in total. The minimum atomic E-state index is -0.235. The molecule has 2 amide bonds. The third kappa shape index (κ3) is 6.13. The van der Waals surface area contributed by atoms with Crippen LogP contribution in [0.25, 0.3) is 11.4 Å². The lowest BCUT2D eigenvalue weighted by atomic mass is 10.1. The van der Waals surface area contributed by atoms with Crippen molar-refractivity contribution in [3.8, 4) is 11.4 Å². The molecule has 0 atom stereocenters. The quantitative estimate of drug-likeness (QED) is 0.423. The molecule has 1 aliphatic carbocycles. The number of rotatable bonds is 10. The smallest absolute Gasteiger partial charge is 0.253 e. The number of carbonyl (C=O) groups excluding carboxylic acids is 2. The Morgan fingerprint density at radius 2 is 1.91 bits per heavy atom. The summed E-state index contributed by atoms with van der Waals surface area (Å²) in [5.41, 5.74) is 1.81. The summed E-state index contributed by atoms with van der Waals surface area (Å²) in [7, 11) is 1.63. The van der Waals surface area contributed by atoms with Crippen LogP contribution in [0.1, 0.15) is 23.2 Å².